The first kappa shape index (κ1) is 19.7. The molecular formula is C23H31N5O. The number of piperazine rings is 1. The van der Waals surface area contributed by atoms with Gasteiger partial charge < -0.3 is 14.7 Å². The summed E-state index contributed by atoms with van der Waals surface area (Å²) in [6.07, 6.45) is 4.23. The van der Waals surface area contributed by atoms with Crippen LogP contribution in [0.5, 0.6) is 0 Å². The monoisotopic (exact) mass is 393 g/mol. The average molecular weight is 394 g/mol. The summed E-state index contributed by atoms with van der Waals surface area (Å²) < 4.78 is 0. The molecule has 2 saturated heterocycles. The van der Waals surface area contributed by atoms with Gasteiger partial charge in [-0.2, -0.15) is 0 Å². The largest absolute Gasteiger partial charge is 0.352 e. The summed E-state index contributed by atoms with van der Waals surface area (Å²) >= 11 is 0. The smallest absolute Gasteiger partial charge is 0.227 e. The van der Waals surface area contributed by atoms with Gasteiger partial charge in [0.05, 0.1) is 6.42 Å². The van der Waals surface area contributed by atoms with Gasteiger partial charge in [0.15, 0.2) is 11.6 Å². The van der Waals surface area contributed by atoms with Crippen LogP contribution in [0.1, 0.15) is 37.3 Å². The molecule has 1 unspecified atom stereocenters. The molecule has 2 aromatic rings. The molecule has 154 valence electrons. The number of aromatic nitrogens is 2. The second-order valence-electron chi connectivity index (χ2n) is 8.32. The number of aryl methyl sites for hydroxylation is 1. The number of amides is 1. The van der Waals surface area contributed by atoms with Gasteiger partial charge in [0.25, 0.3) is 0 Å². The normalized spacial score (nSPS) is 20.1. The molecule has 1 amide bonds. The number of hydrogen-bond acceptors (Lipinski definition) is 5. The second-order valence-corrected chi connectivity index (χ2v) is 8.32. The zero-order valence-electron chi connectivity index (χ0n) is 17.5. The first-order valence-electron chi connectivity index (χ1n) is 10.8. The van der Waals surface area contributed by atoms with Gasteiger partial charge in [0.1, 0.15) is 0 Å². The number of benzene rings is 1. The maximum atomic E-state index is 12.6. The van der Waals surface area contributed by atoms with E-state index in [9.17, 15) is 4.79 Å². The van der Waals surface area contributed by atoms with Crippen molar-refractivity contribution in [1.29, 1.82) is 0 Å². The Balaban J connectivity index is 1.31. The minimum absolute atomic E-state index is 0.204. The van der Waals surface area contributed by atoms with Crippen LogP contribution in [0.25, 0.3) is 0 Å². The number of carbonyl (C=O) groups is 1. The molecular weight excluding hydrogens is 362 g/mol. The second kappa shape index (κ2) is 8.80. The topological polar surface area (TPSA) is 52.6 Å². The highest BCUT2D eigenvalue weighted by molar-refractivity contribution is 5.79. The number of piperidine rings is 1. The minimum atomic E-state index is 0.204. The van der Waals surface area contributed by atoms with E-state index in [2.05, 4.69) is 58.1 Å². The van der Waals surface area contributed by atoms with Crippen molar-refractivity contribution in [3.05, 3.63) is 47.5 Å². The Hall–Kier alpha value is -2.63. The third kappa shape index (κ3) is 4.69. The highest BCUT2D eigenvalue weighted by atomic mass is 16.2. The van der Waals surface area contributed by atoms with Gasteiger partial charge in [-0.3, -0.25) is 4.79 Å². The molecule has 2 aliphatic heterocycles. The van der Waals surface area contributed by atoms with Crippen LogP contribution in [-0.2, 0) is 11.2 Å². The van der Waals surface area contributed by atoms with Gasteiger partial charge in [-0.15, -0.1) is 10.2 Å². The van der Waals surface area contributed by atoms with Crippen LogP contribution in [-0.4, -0.2) is 59.8 Å². The van der Waals surface area contributed by atoms with Crippen LogP contribution in [0.2, 0.25) is 0 Å². The van der Waals surface area contributed by atoms with Gasteiger partial charge in [-0.1, -0.05) is 29.8 Å². The van der Waals surface area contributed by atoms with Crippen LogP contribution in [0.3, 0.4) is 0 Å². The zero-order chi connectivity index (χ0) is 20.2. The maximum absolute atomic E-state index is 12.6. The molecule has 2 aliphatic rings. The van der Waals surface area contributed by atoms with Crippen LogP contribution < -0.4 is 9.80 Å². The fraction of sp³-hybridized carbons (Fsp3) is 0.522. The fourth-order valence-electron chi connectivity index (χ4n) is 4.37. The molecule has 0 N–H and O–H groups in total. The van der Waals surface area contributed by atoms with Crippen molar-refractivity contribution in [2.45, 2.75) is 45.6 Å². The standard InChI is InChI=1S/C23H31N5O/c1-18-6-5-8-20(16-18)17-23(29)27-14-12-26(13-15-27)21-9-10-22(25-24-21)28-11-4-3-7-19(28)2/h5-6,8-10,16,19H,3-4,7,11-15,17H2,1-2H3. The van der Waals surface area contributed by atoms with Crippen molar-refractivity contribution in [2.75, 3.05) is 42.5 Å². The SMILES string of the molecule is Cc1cccc(CC(=O)N2CCN(c3ccc(N4CCCCC4C)nn3)CC2)c1. The summed E-state index contributed by atoms with van der Waals surface area (Å²) in [4.78, 5) is 19.2. The van der Waals surface area contributed by atoms with Crippen molar-refractivity contribution < 1.29 is 4.79 Å². The molecule has 29 heavy (non-hydrogen) atoms. The molecule has 2 fully saturated rings. The van der Waals surface area contributed by atoms with E-state index in [1.165, 1.54) is 24.8 Å². The molecule has 1 aromatic heterocycles. The summed E-state index contributed by atoms with van der Waals surface area (Å²) in [6, 6.07) is 12.9. The number of nitrogens with zero attached hydrogens (tertiary/aromatic N) is 5. The summed E-state index contributed by atoms with van der Waals surface area (Å²) in [5, 5.41) is 8.99. The van der Waals surface area contributed by atoms with Crippen molar-refractivity contribution in [3.8, 4) is 0 Å². The molecule has 0 radical (unpaired) electrons. The van der Waals surface area contributed by atoms with Gasteiger partial charge >= 0.3 is 0 Å². The van der Waals surface area contributed by atoms with Crippen LogP contribution in [0, 0.1) is 6.92 Å². The Kier molecular flexibility index (Phi) is 5.97. The van der Waals surface area contributed by atoms with Crippen molar-refractivity contribution in [3.63, 3.8) is 0 Å². The summed E-state index contributed by atoms with van der Waals surface area (Å²) in [6.45, 7) is 8.46. The van der Waals surface area contributed by atoms with Crippen molar-refractivity contribution in [2.24, 2.45) is 0 Å². The fourth-order valence-corrected chi connectivity index (χ4v) is 4.37. The summed E-state index contributed by atoms with van der Waals surface area (Å²) in [5.41, 5.74) is 2.28. The molecule has 6 heteroatoms. The first-order chi connectivity index (χ1) is 14.1. The first-order valence-corrected chi connectivity index (χ1v) is 10.8. The van der Waals surface area contributed by atoms with E-state index in [-0.39, 0.29) is 5.91 Å². The van der Waals surface area contributed by atoms with E-state index in [0.29, 0.717) is 12.5 Å². The molecule has 0 aliphatic carbocycles. The lowest BCUT2D eigenvalue weighted by molar-refractivity contribution is -0.130. The third-order valence-corrected chi connectivity index (χ3v) is 6.13. The Morgan fingerprint density at radius 3 is 2.45 bits per heavy atom. The maximum Gasteiger partial charge on any atom is 0.227 e. The summed E-state index contributed by atoms with van der Waals surface area (Å²) in [7, 11) is 0. The van der Waals surface area contributed by atoms with E-state index >= 15 is 0 Å². The lowest BCUT2D eigenvalue weighted by Crippen LogP contribution is -2.49. The van der Waals surface area contributed by atoms with E-state index < -0.39 is 0 Å². The van der Waals surface area contributed by atoms with Crippen LogP contribution in [0.15, 0.2) is 36.4 Å². The molecule has 0 spiro atoms. The molecule has 4 rings (SSSR count). The van der Waals surface area contributed by atoms with Crippen molar-refractivity contribution >= 4 is 17.5 Å². The number of rotatable bonds is 4. The van der Waals surface area contributed by atoms with Crippen molar-refractivity contribution in [1.82, 2.24) is 15.1 Å². The third-order valence-electron chi connectivity index (χ3n) is 6.13. The minimum Gasteiger partial charge on any atom is -0.352 e. The number of anilines is 2. The quantitative estimate of drug-likeness (QED) is 0.799. The lowest BCUT2D eigenvalue weighted by Gasteiger charge is -2.36. The molecule has 1 aromatic carbocycles. The summed E-state index contributed by atoms with van der Waals surface area (Å²) in [5.74, 6) is 2.09. The van der Waals surface area contributed by atoms with E-state index in [1.807, 2.05) is 17.0 Å². The molecule has 0 bridgehead atoms. The van der Waals surface area contributed by atoms with E-state index in [4.69, 9.17) is 0 Å². The van der Waals surface area contributed by atoms with Gasteiger partial charge in [0, 0.05) is 38.8 Å². The van der Waals surface area contributed by atoms with E-state index in [0.717, 1.165) is 49.9 Å². The van der Waals surface area contributed by atoms with Gasteiger partial charge in [0.2, 0.25) is 5.91 Å². The predicted molar refractivity (Wildman–Crippen MR) is 116 cm³/mol. The zero-order valence-corrected chi connectivity index (χ0v) is 17.5. The Bertz CT molecular complexity index is 829. The number of carbonyl (C=O) groups excluding carboxylic acids is 1. The number of hydrogen-bond donors (Lipinski definition) is 0. The van der Waals surface area contributed by atoms with E-state index in [1.54, 1.807) is 0 Å². The van der Waals surface area contributed by atoms with Crippen LogP contribution in [0.4, 0.5) is 11.6 Å². The molecule has 3 heterocycles. The highest BCUT2D eigenvalue weighted by Crippen LogP contribution is 2.23. The average Bonchev–Trinajstić information content (AvgIpc) is 2.74. The highest BCUT2D eigenvalue weighted by Gasteiger charge is 2.23. The van der Waals surface area contributed by atoms with Gasteiger partial charge in [-0.25, -0.2) is 0 Å². The molecule has 6 nitrogen and oxygen atoms in total. The lowest BCUT2D eigenvalue weighted by atomic mass is 10.0. The molecule has 0 saturated carbocycles. The Morgan fingerprint density at radius 2 is 1.76 bits per heavy atom. The van der Waals surface area contributed by atoms with Crippen LogP contribution >= 0.6 is 0 Å². The Morgan fingerprint density at radius 1 is 1.00 bits per heavy atom. The predicted octanol–water partition coefficient (Wildman–Crippen LogP) is 3.06. The molecule has 1 atom stereocenters. The van der Waals surface area contributed by atoms with Gasteiger partial charge in [-0.05, 0) is 50.8 Å². The Labute approximate surface area is 173 Å².